The number of halogens is 2. The van der Waals surface area contributed by atoms with Crippen LogP contribution in [0.5, 0.6) is 5.75 Å². The summed E-state index contributed by atoms with van der Waals surface area (Å²) in [5.41, 5.74) is 1.81. The second-order valence-corrected chi connectivity index (χ2v) is 9.22. The maximum Gasteiger partial charge on any atom is 0.262 e. The first kappa shape index (κ1) is 22.0. The Morgan fingerprint density at radius 2 is 1.77 bits per heavy atom. The number of anilines is 1. The number of hydrogen-bond donors (Lipinski definition) is 1. The van der Waals surface area contributed by atoms with Crippen LogP contribution in [0, 0.1) is 0 Å². The smallest absolute Gasteiger partial charge is 0.262 e. The molecule has 0 unspecified atom stereocenters. The van der Waals surface area contributed by atoms with Gasteiger partial charge in [0.1, 0.15) is 5.75 Å². The molecule has 156 valence electrons. The van der Waals surface area contributed by atoms with E-state index in [1.54, 1.807) is 49.4 Å². The molecule has 1 N–H and O–H groups in total. The molecule has 7 nitrogen and oxygen atoms in total. The third-order valence-electron chi connectivity index (χ3n) is 4.06. The first-order valence-electron chi connectivity index (χ1n) is 8.83. The molecule has 10 heteroatoms. The number of nitrogens with zero attached hydrogens (tertiary/aromatic N) is 2. The van der Waals surface area contributed by atoms with Gasteiger partial charge in [0, 0.05) is 16.3 Å². The number of amides is 1. The van der Waals surface area contributed by atoms with Crippen LogP contribution >= 0.6 is 23.2 Å². The molecule has 0 aliphatic carbocycles. The van der Waals surface area contributed by atoms with Crippen LogP contribution in [0.15, 0.2) is 59.6 Å². The lowest BCUT2D eigenvalue weighted by Gasteiger charge is -2.09. The molecule has 0 saturated heterocycles. The third kappa shape index (κ3) is 5.47. The van der Waals surface area contributed by atoms with Gasteiger partial charge in [0.2, 0.25) is 0 Å². The Bertz CT molecular complexity index is 1150. The van der Waals surface area contributed by atoms with Crippen LogP contribution < -0.4 is 10.1 Å². The average Bonchev–Trinajstić information content (AvgIpc) is 2.74. The van der Waals surface area contributed by atoms with Gasteiger partial charge in [-0.1, -0.05) is 42.3 Å². The highest BCUT2D eigenvalue weighted by Crippen LogP contribution is 2.27. The SMILES string of the molecule is CCS(=O)(=O)c1ccc(-c2ccc(NC(=O)COc3ccc(Cl)cc3Cl)cc2)nn1. The minimum atomic E-state index is -3.40. The summed E-state index contributed by atoms with van der Waals surface area (Å²) in [5, 5.41) is 11.2. The van der Waals surface area contributed by atoms with Gasteiger partial charge in [0.25, 0.3) is 5.91 Å². The molecule has 0 radical (unpaired) electrons. The molecular formula is C20H17Cl2N3O4S. The van der Waals surface area contributed by atoms with E-state index >= 15 is 0 Å². The number of aromatic nitrogens is 2. The van der Waals surface area contributed by atoms with E-state index in [9.17, 15) is 13.2 Å². The van der Waals surface area contributed by atoms with Crippen LogP contribution in [-0.4, -0.2) is 36.9 Å². The highest BCUT2D eigenvalue weighted by molar-refractivity contribution is 7.91. The fraction of sp³-hybridized carbons (Fsp3) is 0.150. The molecule has 0 atom stereocenters. The van der Waals surface area contributed by atoms with Gasteiger partial charge in [-0.3, -0.25) is 4.79 Å². The highest BCUT2D eigenvalue weighted by Gasteiger charge is 2.14. The molecule has 0 fully saturated rings. The average molecular weight is 466 g/mol. The molecule has 2 aromatic carbocycles. The fourth-order valence-electron chi connectivity index (χ4n) is 2.44. The predicted octanol–water partition coefficient (Wildman–Crippen LogP) is 4.26. The van der Waals surface area contributed by atoms with E-state index in [1.165, 1.54) is 12.1 Å². The maximum absolute atomic E-state index is 12.1. The van der Waals surface area contributed by atoms with Crippen LogP contribution in [-0.2, 0) is 14.6 Å². The number of rotatable bonds is 7. The van der Waals surface area contributed by atoms with Gasteiger partial charge < -0.3 is 10.1 Å². The van der Waals surface area contributed by atoms with Crippen LogP contribution in [0.1, 0.15) is 6.92 Å². The maximum atomic E-state index is 12.1. The Morgan fingerprint density at radius 3 is 2.37 bits per heavy atom. The minimum absolute atomic E-state index is 0.0383. The normalized spacial score (nSPS) is 11.2. The lowest BCUT2D eigenvalue weighted by molar-refractivity contribution is -0.118. The Balaban J connectivity index is 1.60. The second-order valence-electron chi connectivity index (χ2n) is 6.15. The molecule has 0 saturated carbocycles. The largest absolute Gasteiger partial charge is 0.482 e. The molecule has 0 aliphatic heterocycles. The van der Waals surface area contributed by atoms with E-state index < -0.39 is 9.84 Å². The van der Waals surface area contributed by atoms with Gasteiger partial charge in [-0.05, 0) is 42.5 Å². The zero-order chi connectivity index (χ0) is 21.7. The lowest BCUT2D eigenvalue weighted by Crippen LogP contribution is -2.20. The Hall–Kier alpha value is -2.68. The van der Waals surface area contributed by atoms with E-state index in [-0.39, 0.29) is 23.3 Å². The summed E-state index contributed by atoms with van der Waals surface area (Å²) >= 11 is 11.8. The van der Waals surface area contributed by atoms with Crippen LogP contribution in [0.4, 0.5) is 5.69 Å². The zero-order valence-corrected chi connectivity index (χ0v) is 18.1. The lowest BCUT2D eigenvalue weighted by atomic mass is 10.1. The molecule has 1 amide bonds. The van der Waals surface area contributed by atoms with Gasteiger partial charge in [-0.25, -0.2) is 8.42 Å². The summed E-state index contributed by atoms with van der Waals surface area (Å²) in [7, 11) is -3.40. The molecule has 0 bridgehead atoms. The number of ether oxygens (including phenoxy) is 1. The summed E-state index contributed by atoms with van der Waals surface area (Å²) in [6.07, 6.45) is 0. The van der Waals surface area contributed by atoms with Crippen molar-refractivity contribution in [3.63, 3.8) is 0 Å². The highest BCUT2D eigenvalue weighted by atomic mass is 35.5. The number of benzene rings is 2. The first-order chi connectivity index (χ1) is 14.3. The third-order valence-corrected chi connectivity index (χ3v) is 6.20. The molecule has 1 aromatic heterocycles. The minimum Gasteiger partial charge on any atom is -0.482 e. The number of carbonyl (C=O) groups excluding carboxylic acids is 1. The molecular weight excluding hydrogens is 449 g/mol. The zero-order valence-electron chi connectivity index (χ0n) is 15.8. The van der Waals surface area contributed by atoms with Gasteiger partial charge in [-0.2, -0.15) is 0 Å². The summed E-state index contributed by atoms with van der Waals surface area (Å²) in [5.74, 6) is -0.0371. The monoisotopic (exact) mass is 465 g/mol. The number of hydrogen-bond acceptors (Lipinski definition) is 6. The van der Waals surface area contributed by atoms with Gasteiger partial charge >= 0.3 is 0 Å². The number of nitrogens with one attached hydrogen (secondary N) is 1. The molecule has 3 rings (SSSR count). The molecule has 3 aromatic rings. The molecule has 1 heterocycles. The number of sulfone groups is 1. The van der Waals surface area contributed by atoms with Crippen LogP contribution in [0.3, 0.4) is 0 Å². The Labute approximate surface area is 183 Å². The van der Waals surface area contributed by atoms with Gasteiger partial charge in [0.15, 0.2) is 21.5 Å². The van der Waals surface area contributed by atoms with Crippen molar-refractivity contribution in [1.82, 2.24) is 10.2 Å². The van der Waals surface area contributed by atoms with Crippen molar-refractivity contribution < 1.29 is 17.9 Å². The van der Waals surface area contributed by atoms with E-state index in [0.29, 0.717) is 27.2 Å². The van der Waals surface area contributed by atoms with E-state index in [1.807, 2.05) is 0 Å². The molecule has 0 spiro atoms. The van der Waals surface area contributed by atoms with Gasteiger partial charge in [0.05, 0.1) is 16.5 Å². The fourth-order valence-corrected chi connectivity index (χ4v) is 3.64. The van der Waals surface area contributed by atoms with Crippen molar-refractivity contribution in [3.8, 4) is 17.0 Å². The Morgan fingerprint density at radius 1 is 1.03 bits per heavy atom. The summed E-state index contributed by atoms with van der Waals surface area (Å²) < 4.78 is 29.0. The quantitative estimate of drug-likeness (QED) is 0.559. The van der Waals surface area contributed by atoms with Crippen molar-refractivity contribution in [2.24, 2.45) is 0 Å². The van der Waals surface area contributed by atoms with Crippen molar-refractivity contribution in [2.75, 3.05) is 17.7 Å². The van der Waals surface area contributed by atoms with E-state index in [4.69, 9.17) is 27.9 Å². The first-order valence-corrected chi connectivity index (χ1v) is 11.2. The van der Waals surface area contributed by atoms with Crippen molar-refractivity contribution in [2.45, 2.75) is 11.9 Å². The van der Waals surface area contributed by atoms with E-state index in [2.05, 4.69) is 15.5 Å². The van der Waals surface area contributed by atoms with Gasteiger partial charge in [-0.15, -0.1) is 10.2 Å². The summed E-state index contributed by atoms with van der Waals surface area (Å²) in [6, 6.07) is 14.6. The topological polar surface area (TPSA) is 98.2 Å². The summed E-state index contributed by atoms with van der Waals surface area (Å²) in [6.45, 7) is 1.33. The van der Waals surface area contributed by atoms with Crippen molar-refractivity contribution in [1.29, 1.82) is 0 Å². The van der Waals surface area contributed by atoms with E-state index in [0.717, 1.165) is 5.56 Å². The van der Waals surface area contributed by atoms with Crippen molar-refractivity contribution >= 4 is 44.6 Å². The standard InChI is InChI=1S/C20H17Cl2N3O4S/c1-2-30(27,28)20-10-8-17(24-25-20)13-3-6-15(7-4-13)23-19(26)12-29-18-9-5-14(21)11-16(18)22/h3-11H,2,12H2,1H3,(H,23,26). The second kappa shape index (κ2) is 9.42. The Kier molecular flexibility index (Phi) is 6.91. The molecule has 30 heavy (non-hydrogen) atoms. The van der Waals surface area contributed by atoms with Crippen molar-refractivity contribution in [3.05, 3.63) is 64.6 Å². The van der Waals surface area contributed by atoms with Crippen LogP contribution in [0.25, 0.3) is 11.3 Å². The predicted molar refractivity (Wildman–Crippen MR) is 116 cm³/mol. The number of carbonyl (C=O) groups is 1. The van der Waals surface area contributed by atoms with Crippen LogP contribution in [0.2, 0.25) is 10.0 Å². The summed E-state index contributed by atoms with van der Waals surface area (Å²) in [4.78, 5) is 12.1. The molecule has 0 aliphatic rings.